The molecule has 7 nitrogen and oxygen atoms in total. The summed E-state index contributed by atoms with van der Waals surface area (Å²) in [4.78, 5) is 28.8. The third kappa shape index (κ3) is 3.42. The normalized spacial score (nSPS) is 13.5. The van der Waals surface area contributed by atoms with Crippen molar-refractivity contribution < 1.29 is 13.6 Å². The van der Waals surface area contributed by atoms with Crippen molar-refractivity contribution in [1.29, 1.82) is 0 Å². The SMILES string of the molecule is O=C(NCCn1nc(-c2cccnc2)n(C2CC2)c1=O)c1c(F)cccc1F. The highest BCUT2D eigenvalue weighted by Gasteiger charge is 2.30. The van der Waals surface area contributed by atoms with Crippen LogP contribution in [0.2, 0.25) is 0 Å². The predicted octanol–water partition coefficient (Wildman–Crippen LogP) is 2.15. The summed E-state index contributed by atoms with van der Waals surface area (Å²) in [6.45, 7) is 0.0777. The second kappa shape index (κ2) is 7.34. The number of halogens is 2. The summed E-state index contributed by atoms with van der Waals surface area (Å²) >= 11 is 0. The van der Waals surface area contributed by atoms with E-state index in [9.17, 15) is 18.4 Å². The molecule has 1 aromatic carbocycles. The van der Waals surface area contributed by atoms with Gasteiger partial charge in [0.05, 0.1) is 6.54 Å². The van der Waals surface area contributed by atoms with Crippen LogP contribution >= 0.6 is 0 Å². The Morgan fingerprint density at radius 2 is 1.93 bits per heavy atom. The third-order valence-corrected chi connectivity index (χ3v) is 4.50. The second-order valence-corrected chi connectivity index (χ2v) is 6.52. The number of hydrogen-bond donors (Lipinski definition) is 1. The first-order valence-electron chi connectivity index (χ1n) is 8.88. The number of amides is 1. The van der Waals surface area contributed by atoms with Crippen LogP contribution in [0.25, 0.3) is 11.4 Å². The molecule has 1 aliphatic rings. The van der Waals surface area contributed by atoms with Crippen LogP contribution in [0.4, 0.5) is 8.78 Å². The van der Waals surface area contributed by atoms with E-state index in [0.717, 1.165) is 30.5 Å². The van der Waals surface area contributed by atoms with E-state index in [-0.39, 0.29) is 24.8 Å². The maximum absolute atomic E-state index is 13.7. The molecule has 1 amide bonds. The number of aromatic nitrogens is 4. The Hall–Kier alpha value is -3.36. The van der Waals surface area contributed by atoms with Gasteiger partial charge >= 0.3 is 5.69 Å². The van der Waals surface area contributed by atoms with Crippen LogP contribution in [0.1, 0.15) is 29.2 Å². The average Bonchev–Trinajstić information content (AvgIpc) is 3.46. The monoisotopic (exact) mass is 385 g/mol. The number of rotatable bonds is 6. The van der Waals surface area contributed by atoms with Crippen LogP contribution in [0.5, 0.6) is 0 Å². The lowest BCUT2D eigenvalue weighted by Gasteiger charge is -2.06. The van der Waals surface area contributed by atoms with Gasteiger partial charge in [-0.05, 0) is 37.1 Å². The van der Waals surface area contributed by atoms with Gasteiger partial charge in [-0.1, -0.05) is 6.07 Å². The van der Waals surface area contributed by atoms with Gasteiger partial charge in [-0.3, -0.25) is 14.3 Å². The lowest BCUT2D eigenvalue weighted by atomic mass is 10.2. The van der Waals surface area contributed by atoms with Crippen LogP contribution < -0.4 is 11.0 Å². The number of nitrogens with one attached hydrogen (secondary N) is 1. The molecular formula is C19H17F2N5O2. The minimum atomic E-state index is -0.938. The fraction of sp³-hybridized carbons (Fsp3) is 0.263. The molecule has 1 fully saturated rings. The van der Waals surface area contributed by atoms with Crippen molar-refractivity contribution in [3.63, 3.8) is 0 Å². The zero-order valence-corrected chi connectivity index (χ0v) is 14.8. The minimum Gasteiger partial charge on any atom is -0.350 e. The van der Waals surface area contributed by atoms with Crippen molar-refractivity contribution in [2.24, 2.45) is 0 Å². The molecule has 4 rings (SSSR count). The fourth-order valence-electron chi connectivity index (χ4n) is 3.00. The van der Waals surface area contributed by atoms with E-state index in [1.165, 1.54) is 10.7 Å². The van der Waals surface area contributed by atoms with E-state index in [1.807, 2.05) is 6.07 Å². The molecule has 0 unspecified atom stereocenters. The smallest absolute Gasteiger partial charge is 0.346 e. The molecule has 3 aromatic rings. The molecule has 1 N–H and O–H groups in total. The number of pyridine rings is 1. The molecule has 0 atom stereocenters. The topological polar surface area (TPSA) is 81.8 Å². The first-order chi connectivity index (χ1) is 13.6. The molecular weight excluding hydrogens is 368 g/mol. The molecule has 0 saturated heterocycles. The van der Waals surface area contributed by atoms with Crippen molar-refractivity contribution in [2.45, 2.75) is 25.4 Å². The van der Waals surface area contributed by atoms with Crippen molar-refractivity contribution in [1.82, 2.24) is 24.6 Å². The zero-order valence-electron chi connectivity index (χ0n) is 14.8. The summed E-state index contributed by atoms with van der Waals surface area (Å²) in [7, 11) is 0. The van der Waals surface area contributed by atoms with Crippen molar-refractivity contribution in [3.05, 3.63) is 70.4 Å². The summed E-state index contributed by atoms with van der Waals surface area (Å²) in [5, 5.41) is 6.80. The van der Waals surface area contributed by atoms with Crippen LogP contribution in [0, 0.1) is 11.6 Å². The highest BCUT2D eigenvalue weighted by Crippen LogP contribution is 2.36. The first kappa shape index (κ1) is 18.0. The van der Waals surface area contributed by atoms with Crippen molar-refractivity contribution in [2.75, 3.05) is 6.54 Å². The van der Waals surface area contributed by atoms with E-state index >= 15 is 0 Å². The number of hydrogen-bond acceptors (Lipinski definition) is 4. The Labute approximate surface area is 158 Å². The number of benzene rings is 1. The molecule has 0 radical (unpaired) electrons. The molecule has 0 aliphatic heterocycles. The molecule has 28 heavy (non-hydrogen) atoms. The highest BCUT2D eigenvalue weighted by molar-refractivity contribution is 5.94. The third-order valence-electron chi connectivity index (χ3n) is 4.50. The van der Waals surface area contributed by atoms with E-state index < -0.39 is 23.1 Å². The maximum Gasteiger partial charge on any atom is 0.346 e. The summed E-state index contributed by atoms with van der Waals surface area (Å²) in [5.41, 5.74) is -0.204. The van der Waals surface area contributed by atoms with Gasteiger partial charge in [0.1, 0.15) is 17.2 Å². The molecule has 144 valence electrons. The lowest BCUT2D eigenvalue weighted by Crippen LogP contribution is -2.32. The molecule has 1 aliphatic carbocycles. The van der Waals surface area contributed by atoms with Crippen LogP contribution in [0.15, 0.2) is 47.5 Å². The van der Waals surface area contributed by atoms with Crippen molar-refractivity contribution >= 4 is 5.91 Å². The summed E-state index contributed by atoms with van der Waals surface area (Å²) < 4.78 is 30.2. The van der Waals surface area contributed by atoms with Crippen LogP contribution in [0.3, 0.4) is 0 Å². The minimum absolute atomic E-state index is 0.000669. The van der Waals surface area contributed by atoms with E-state index in [1.54, 1.807) is 23.0 Å². The Morgan fingerprint density at radius 3 is 2.57 bits per heavy atom. The largest absolute Gasteiger partial charge is 0.350 e. The highest BCUT2D eigenvalue weighted by atomic mass is 19.1. The molecule has 0 spiro atoms. The molecule has 0 bridgehead atoms. The Bertz CT molecular complexity index is 1050. The number of carbonyl (C=O) groups excluding carboxylic acids is 1. The fourth-order valence-corrected chi connectivity index (χ4v) is 3.00. The van der Waals surface area contributed by atoms with Gasteiger partial charge in [-0.25, -0.2) is 18.3 Å². The lowest BCUT2D eigenvalue weighted by molar-refractivity contribution is 0.0943. The van der Waals surface area contributed by atoms with E-state index in [0.29, 0.717) is 5.82 Å². The van der Waals surface area contributed by atoms with Gasteiger partial charge in [0.25, 0.3) is 5.91 Å². The van der Waals surface area contributed by atoms with Gasteiger partial charge in [0.2, 0.25) is 0 Å². The molecule has 9 heteroatoms. The second-order valence-electron chi connectivity index (χ2n) is 6.52. The van der Waals surface area contributed by atoms with Crippen LogP contribution in [-0.4, -0.2) is 31.8 Å². The van der Waals surface area contributed by atoms with E-state index in [2.05, 4.69) is 15.4 Å². The quantitative estimate of drug-likeness (QED) is 0.705. The van der Waals surface area contributed by atoms with Gasteiger partial charge < -0.3 is 5.32 Å². The first-order valence-corrected chi connectivity index (χ1v) is 8.88. The average molecular weight is 385 g/mol. The van der Waals surface area contributed by atoms with Crippen molar-refractivity contribution in [3.8, 4) is 11.4 Å². The zero-order chi connectivity index (χ0) is 19.7. The Morgan fingerprint density at radius 1 is 1.18 bits per heavy atom. The standard InChI is InChI=1S/C19H17F2N5O2/c20-14-4-1-5-15(21)16(14)18(27)23-9-10-25-19(28)26(13-6-7-13)17(24-25)12-3-2-8-22-11-12/h1-5,8,11,13H,6-7,9-10H2,(H,23,27). The summed E-state index contributed by atoms with van der Waals surface area (Å²) in [6, 6.07) is 6.91. The molecule has 1 saturated carbocycles. The Balaban J connectivity index is 1.51. The van der Waals surface area contributed by atoms with E-state index in [4.69, 9.17) is 0 Å². The molecule has 2 heterocycles. The van der Waals surface area contributed by atoms with Gasteiger partial charge in [0, 0.05) is 30.5 Å². The number of carbonyl (C=O) groups is 1. The summed E-state index contributed by atoms with van der Waals surface area (Å²) in [5.74, 6) is -2.23. The Kier molecular flexibility index (Phi) is 4.72. The molecule has 2 aromatic heterocycles. The summed E-state index contributed by atoms with van der Waals surface area (Å²) in [6.07, 6.45) is 5.08. The number of nitrogens with zero attached hydrogens (tertiary/aromatic N) is 4. The van der Waals surface area contributed by atoms with Gasteiger partial charge in [0.15, 0.2) is 5.82 Å². The van der Waals surface area contributed by atoms with Gasteiger partial charge in [-0.2, -0.15) is 0 Å². The van der Waals surface area contributed by atoms with Gasteiger partial charge in [-0.15, -0.1) is 5.10 Å². The maximum atomic E-state index is 13.7. The van der Waals surface area contributed by atoms with Crippen LogP contribution in [-0.2, 0) is 6.54 Å². The predicted molar refractivity (Wildman–Crippen MR) is 96.7 cm³/mol.